The molecule has 0 radical (unpaired) electrons. The zero-order valence-electron chi connectivity index (χ0n) is 9.39. The molecule has 1 N–H and O–H groups in total. The van der Waals surface area contributed by atoms with Gasteiger partial charge in [0, 0.05) is 12.1 Å². The van der Waals surface area contributed by atoms with Gasteiger partial charge in [0.1, 0.15) is 0 Å². The van der Waals surface area contributed by atoms with Crippen molar-refractivity contribution in [1.29, 1.82) is 0 Å². The van der Waals surface area contributed by atoms with E-state index in [9.17, 15) is 4.79 Å². The number of rotatable bonds is 1. The zero-order valence-corrected chi connectivity index (χ0v) is 9.39. The van der Waals surface area contributed by atoms with Crippen LogP contribution < -0.4 is 0 Å². The quantitative estimate of drug-likeness (QED) is 0.804. The van der Waals surface area contributed by atoms with Crippen LogP contribution in [0.25, 0.3) is 0 Å². The number of carbonyl (C=O) groups excluding carboxylic acids is 1. The second kappa shape index (κ2) is 4.05. The summed E-state index contributed by atoms with van der Waals surface area (Å²) in [4.78, 5) is 14.1. The molecule has 0 bridgehead atoms. The van der Waals surface area contributed by atoms with Crippen molar-refractivity contribution in [3.63, 3.8) is 0 Å². The van der Waals surface area contributed by atoms with Crippen molar-refractivity contribution in [2.24, 2.45) is 0 Å². The fourth-order valence-electron chi connectivity index (χ4n) is 2.15. The van der Waals surface area contributed by atoms with Crippen LogP contribution >= 0.6 is 0 Å². The van der Waals surface area contributed by atoms with Crippen LogP contribution in [0.3, 0.4) is 0 Å². The van der Waals surface area contributed by atoms with Gasteiger partial charge in [0.25, 0.3) is 5.91 Å². The minimum Gasteiger partial charge on any atom is -0.332 e. The van der Waals surface area contributed by atoms with Crippen molar-refractivity contribution >= 4 is 5.91 Å². The second-order valence-corrected chi connectivity index (χ2v) is 4.22. The average molecular weight is 227 g/mol. The monoisotopic (exact) mass is 227 g/mol. The van der Waals surface area contributed by atoms with Gasteiger partial charge in [-0.2, -0.15) is 5.10 Å². The van der Waals surface area contributed by atoms with Crippen LogP contribution in [0, 0.1) is 0 Å². The number of hydrogen-bond donors (Lipinski definition) is 1. The third kappa shape index (κ3) is 1.82. The lowest BCUT2D eigenvalue weighted by Crippen LogP contribution is -2.35. The Morgan fingerprint density at radius 2 is 2.12 bits per heavy atom. The highest BCUT2D eigenvalue weighted by Crippen LogP contribution is 2.17. The molecule has 1 aromatic heterocycles. The van der Waals surface area contributed by atoms with Crippen molar-refractivity contribution in [3.8, 4) is 0 Å². The number of carbonyl (C=O) groups is 1. The van der Waals surface area contributed by atoms with Gasteiger partial charge >= 0.3 is 0 Å². The number of nitrogens with one attached hydrogen (secondary N) is 1. The van der Waals surface area contributed by atoms with E-state index in [4.69, 9.17) is 0 Å². The Labute approximate surface area is 99.3 Å². The van der Waals surface area contributed by atoms with Gasteiger partial charge in [0.2, 0.25) is 0 Å². The van der Waals surface area contributed by atoms with E-state index in [-0.39, 0.29) is 5.91 Å². The Morgan fingerprint density at radius 1 is 1.29 bits per heavy atom. The maximum Gasteiger partial charge on any atom is 0.254 e. The SMILES string of the molecule is O=C(c1ccccc1)N1CCc2cn[nH]c2C1. The van der Waals surface area contributed by atoms with Crippen molar-refractivity contribution in [3.05, 3.63) is 53.3 Å². The lowest BCUT2D eigenvalue weighted by molar-refractivity contribution is 0.0732. The standard InChI is InChI=1S/C13H13N3O/c17-13(10-4-2-1-3-5-10)16-7-6-11-8-14-15-12(11)9-16/h1-5,8H,6-7,9H2,(H,14,15). The molecule has 3 rings (SSSR count). The van der Waals surface area contributed by atoms with Crippen molar-refractivity contribution in [1.82, 2.24) is 15.1 Å². The Kier molecular flexibility index (Phi) is 2.40. The van der Waals surface area contributed by atoms with Crippen LogP contribution in [0.5, 0.6) is 0 Å². The molecule has 0 saturated heterocycles. The minimum absolute atomic E-state index is 0.0888. The van der Waals surface area contributed by atoms with E-state index in [0.717, 1.165) is 24.2 Å². The molecule has 0 unspecified atom stereocenters. The van der Waals surface area contributed by atoms with Crippen molar-refractivity contribution in [2.45, 2.75) is 13.0 Å². The summed E-state index contributed by atoms with van der Waals surface area (Å²) in [5.74, 6) is 0.0888. The van der Waals surface area contributed by atoms with Gasteiger partial charge in [-0.1, -0.05) is 18.2 Å². The molecule has 4 heteroatoms. The number of fused-ring (bicyclic) bond motifs is 1. The Balaban J connectivity index is 1.81. The first-order valence-corrected chi connectivity index (χ1v) is 5.70. The normalized spacial score (nSPS) is 14.5. The van der Waals surface area contributed by atoms with Crippen LogP contribution in [0.2, 0.25) is 0 Å². The Hall–Kier alpha value is -2.10. The third-order valence-electron chi connectivity index (χ3n) is 3.12. The summed E-state index contributed by atoms with van der Waals surface area (Å²) < 4.78 is 0. The summed E-state index contributed by atoms with van der Waals surface area (Å²) in [6, 6.07) is 9.40. The maximum atomic E-state index is 12.2. The second-order valence-electron chi connectivity index (χ2n) is 4.22. The van der Waals surface area contributed by atoms with E-state index in [2.05, 4.69) is 10.2 Å². The zero-order chi connectivity index (χ0) is 11.7. The molecule has 1 aromatic carbocycles. The molecule has 17 heavy (non-hydrogen) atoms. The summed E-state index contributed by atoms with van der Waals surface area (Å²) in [6.07, 6.45) is 2.73. The first kappa shape index (κ1) is 10.1. The molecule has 2 aromatic rings. The summed E-state index contributed by atoms with van der Waals surface area (Å²) in [7, 11) is 0. The predicted molar refractivity (Wildman–Crippen MR) is 63.5 cm³/mol. The summed E-state index contributed by atoms with van der Waals surface area (Å²) in [5, 5.41) is 6.96. The lowest BCUT2D eigenvalue weighted by atomic mass is 10.1. The number of aromatic amines is 1. The molecule has 2 heterocycles. The highest BCUT2D eigenvalue weighted by atomic mass is 16.2. The molecular weight excluding hydrogens is 214 g/mol. The Bertz CT molecular complexity index is 533. The van der Waals surface area contributed by atoms with Crippen LogP contribution in [0.1, 0.15) is 21.6 Å². The van der Waals surface area contributed by atoms with Gasteiger partial charge in [-0.25, -0.2) is 0 Å². The number of amides is 1. The molecular formula is C13H13N3O. The molecule has 0 spiro atoms. The molecule has 86 valence electrons. The Morgan fingerprint density at radius 3 is 2.94 bits per heavy atom. The van der Waals surface area contributed by atoms with E-state index in [1.807, 2.05) is 41.4 Å². The van der Waals surface area contributed by atoms with E-state index in [0.29, 0.717) is 6.54 Å². The van der Waals surface area contributed by atoms with Gasteiger partial charge in [-0.05, 0) is 24.1 Å². The number of benzene rings is 1. The average Bonchev–Trinajstić information content (AvgIpc) is 2.86. The predicted octanol–water partition coefficient (Wildman–Crippen LogP) is 1.61. The molecule has 1 aliphatic heterocycles. The van der Waals surface area contributed by atoms with Gasteiger partial charge in [0.05, 0.1) is 18.4 Å². The van der Waals surface area contributed by atoms with Crippen molar-refractivity contribution < 1.29 is 4.79 Å². The minimum atomic E-state index is 0.0888. The third-order valence-corrected chi connectivity index (χ3v) is 3.12. The first-order valence-electron chi connectivity index (χ1n) is 5.70. The van der Waals surface area contributed by atoms with E-state index >= 15 is 0 Å². The van der Waals surface area contributed by atoms with Crippen molar-refractivity contribution in [2.75, 3.05) is 6.54 Å². The van der Waals surface area contributed by atoms with Gasteiger partial charge in [0.15, 0.2) is 0 Å². The van der Waals surface area contributed by atoms with E-state index in [1.54, 1.807) is 0 Å². The van der Waals surface area contributed by atoms with Gasteiger partial charge in [-0.15, -0.1) is 0 Å². The molecule has 4 nitrogen and oxygen atoms in total. The van der Waals surface area contributed by atoms with Gasteiger partial charge in [-0.3, -0.25) is 9.89 Å². The van der Waals surface area contributed by atoms with E-state index in [1.165, 1.54) is 5.56 Å². The molecule has 0 saturated carbocycles. The molecule has 0 atom stereocenters. The molecule has 0 fully saturated rings. The molecule has 0 aliphatic carbocycles. The topological polar surface area (TPSA) is 49.0 Å². The van der Waals surface area contributed by atoms with E-state index < -0.39 is 0 Å². The highest BCUT2D eigenvalue weighted by molar-refractivity contribution is 5.94. The van der Waals surface area contributed by atoms with Crippen LogP contribution in [0.4, 0.5) is 0 Å². The summed E-state index contributed by atoms with van der Waals surface area (Å²) in [5.41, 5.74) is 3.03. The largest absolute Gasteiger partial charge is 0.332 e. The van der Waals surface area contributed by atoms with Crippen LogP contribution in [-0.2, 0) is 13.0 Å². The summed E-state index contributed by atoms with van der Waals surface area (Å²) in [6.45, 7) is 1.39. The number of aromatic nitrogens is 2. The highest BCUT2D eigenvalue weighted by Gasteiger charge is 2.22. The van der Waals surface area contributed by atoms with Gasteiger partial charge < -0.3 is 4.90 Å². The molecule has 1 amide bonds. The number of nitrogens with zero attached hydrogens (tertiary/aromatic N) is 2. The fourth-order valence-corrected chi connectivity index (χ4v) is 2.15. The fraction of sp³-hybridized carbons (Fsp3) is 0.231. The van der Waals surface area contributed by atoms with Crippen LogP contribution in [-0.4, -0.2) is 27.5 Å². The lowest BCUT2D eigenvalue weighted by Gasteiger charge is -2.26. The maximum absolute atomic E-state index is 12.2. The number of H-pyrrole nitrogens is 1. The smallest absolute Gasteiger partial charge is 0.254 e. The number of hydrogen-bond acceptors (Lipinski definition) is 2. The molecule has 1 aliphatic rings. The first-order chi connectivity index (χ1) is 8.34. The van der Waals surface area contributed by atoms with Crippen LogP contribution in [0.15, 0.2) is 36.5 Å². The summed E-state index contributed by atoms with van der Waals surface area (Å²) >= 11 is 0.